The molecular formula is C20H15NS. The highest BCUT2D eigenvalue weighted by atomic mass is 32.1. The van der Waals surface area contributed by atoms with Gasteiger partial charge in [-0.3, -0.25) is 4.98 Å². The number of hydrogen-bond acceptors (Lipinski definition) is 2. The molecule has 0 spiro atoms. The molecule has 2 aromatic carbocycles. The predicted octanol–water partition coefficient (Wildman–Crippen LogP) is 5.94. The minimum atomic E-state index is 1.22. The van der Waals surface area contributed by atoms with Crippen molar-refractivity contribution < 1.29 is 0 Å². The number of rotatable bonds is 2. The van der Waals surface area contributed by atoms with E-state index in [9.17, 15) is 0 Å². The molecule has 0 bridgehead atoms. The zero-order valence-electron chi connectivity index (χ0n) is 12.3. The van der Waals surface area contributed by atoms with Gasteiger partial charge in [-0.1, -0.05) is 42.5 Å². The molecule has 2 heteroatoms. The lowest BCUT2D eigenvalue weighted by Gasteiger charge is -2.08. The van der Waals surface area contributed by atoms with Crippen molar-refractivity contribution in [2.75, 3.05) is 0 Å². The van der Waals surface area contributed by atoms with E-state index in [1.165, 1.54) is 37.2 Å². The molecule has 0 aliphatic carbocycles. The monoisotopic (exact) mass is 301 g/mol. The lowest BCUT2D eigenvalue weighted by Crippen LogP contribution is -1.83. The summed E-state index contributed by atoms with van der Waals surface area (Å²) in [5.41, 5.74) is 5.14. The Balaban J connectivity index is 2.08. The van der Waals surface area contributed by atoms with Gasteiger partial charge in [0.1, 0.15) is 0 Å². The third kappa shape index (κ3) is 2.13. The van der Waals surface area contributed by atoms with Gasteiger partial charge in [-0.2, -0.15) is 0 Å². The van der Waals surface area contributed by atoms with E-state index in [2.05, 4.69) is 72.6 Å². The molecule has 2 heterocycles. The lowest BCUT2D eigenvalue weighted by molar-refractivity contribution is 1.33. The first-order valence-electron chi connectivity index (χ1n) is 7.32. The van der Waals surface area contributed by atoms with Crippen LogP contribution in [0.25, 0.3) is 32.3 Å². The van der Waals surface area contributed by atoms with Crippen LogP contribution in [0.5, 0.6) is 0 Å². The second kappa shape index (κ2) is 5.39. The first-order valence-corrected chi connectivity index (χ1v) is 8.14. The third-order valence-corrected chi connectivity index (χ3v) is 5.02. The zero-order valence-corrected chi connectivity index (χ0v) is 13.1. The van der Waals surface area contributed by atoms with Gasteiger partial charge in [0.2, 0.25) is 0 Å². The molecule has 0 radical (unpaired) electrons. The van der Waals surface area contributed by atoms with Gasteiger partial charge in [0.25, 0.3) is 0 Å². The van der Waals surface area contributed by atoms with Gasteiger partial charge in [-0.25, -0.2) is 0 Å². The van der Waals surface area contributed by atoms with Crippen LogP contribution in [0.2, 0.25) is 0 Å². The maximum atomic E-state index is 4.14. The van der Waals surface area contributed by atoms with Crippen LogP contribution in [0.3, 0.4) is 0 Å². The summed E-state index contributed by atoms with van der Waals surface area (Å²) in [4.78, 5) is 5.50. The fourth-order valence-corrected chi connectivity index (χ4v) is 4.10. The number of nitrogens with zero attached hydrogens (tertiary/aromatic N) is 1. The Morgan fingerprint density at radius 1 is 0.773 bits per heavy atom. The van der Waals surface area contributed by atoms with Gasteiger partial charge in [-0.15, -0.1) is 11.3 Å². The second-order valence-electron chi connectivity index (χ2n) is 5.31. The van der Waals surface area contributed by atoms with Crippen LogP contribution in [0.15, 0.2) is 73.1 Å². The van der Waals surface area contributed by atoms with Gasteiger partial charge in [0.15, 0.2) is 0 Å². The van der Waals surface area contributed by atoms with Crippen molar-refractivity contribution in [2.45, 2.75) is 6.92 Å². The van der Waals surface area contributed by atoms with Crippen molar-refractivity contribution in [1.82, 2.24) is 4.98 Å². The summed E-state index contributed by atoms with van der Waals surface area (Å²) in [5.74, 6) is 0. The first kappa shape index (κ1) is 13.2. The van der Waals surface area contributed by atoms with E-state index < -0.39 is 0 Å². The molecule has 1 nitrogen and oxygen atoms in total. The Labute approximate surface area is 133 Å². The van der Waals surface area contributed by atoms with Crippen molar-refractivity contribution in [1.29, 1.82) is 0 Å². The van der Waals surface area contributed by atoms with E-state index >= 15 is 0 Å². The first-order chi connectivity index (χ1) is 10.8. The summed E-state index contributed by atoms with van der Waals surface area (Å²) in [6.45, 7) is 2.21. The minimum Gasteiger partial charge on any atom is -0.265 e. The SMILES string of the molecule is Cc1sc2cccc(-c3ccncc3)c2c1-c1ccccc1. The highest BCUT2D eigenvalue weighted by molar-refractivity contribution is 7.19. The summed E-state index contributed by atoms with van der Waals surface area (Å²) >= 11 is 1.87. The molecule has 4 rings (SSSR count). The number of thiophene rings is 1. The topological polar surface area (TPSA) is 12.9 Å². The van der Waals surface area contributed by atoms with E-state index in [1.54, 1.807) is 0 Å². The molecule has 2 aromatic heterocycles. The fourth-order valence-electron chi connectivity index (χ4n) is 2.99. The third-order valence-electron chi connectivity index (χ3n) is 3.95. The van der Waals surface area contributed by atoms with E-state index in [4.69, 9.17) is 0 Å². The number of aryl methyl sites for hydroxylation is 1. The van der Waals surface area contributed by atoms with Crippen molar-refractivity contribution in [3.05, 3.63) is 77.9 Å². The second-order valence-corrected chi connectivity index (χ2v) is 6.57. The van der Waals surface area contributed by atoms with Gasteiger partial charge in [0, 0.05) is 32.9 Å². The number of aromatic nitrogens is 1. The Bertz CT molecular complexity index is 924. The van der Waals surface area contributed by atoms with E-state index in [0.29, 0.717) is 0 Å². The van der Waals surface area contributed by atoms with Gasteiger partial charge in [-0.05, 0) is 41.8 Å². The molecule has 4 aromatic rings. The molecule has 22 heavy (non-hydrogen) atoms. The standard InChI is InChI=1S/C20H15NS/c1-14-19(16-6-3-2-4-7-16)20-17(8-5-9-18(20)22-14)15-10-12-21-13-11-15/h2-13H,1H3. The molecule has 0 saturated carbocycles. The van der Waals surface area contributed by atoms with Crippen LogP contribution in [0.1, 0.15) is 4.88 Å². The lowest BCUT2D eigenvalue weighted by atomic mass is 9.95. The van der Waals surface area contributed by atoms with Gasteiger partial charge < -0.3 is 0 Å². The Kier molecular flexibility index (Phi) is 3.24. The largest absolute Gasteiger partial charge is 0.265 e. The summed E-state index contributed by atoms with van der Waals surface area (Å²) < 4.78 is 1.34. The van der Waals surface area contributed by atoms with Crippen LogP contribution in [0, 0.1) is 6.92 Å². The summed E-state index contributed by atoms with van der Waals surface area (Å²) in [7, 11) is 0. The predicted molar refractivity (Wildman–Crippen MR) is 95.2 cm³/mol. The van der Waals surface area contributed by atoms with Crippen molar-refractivity contribution >= 4 is 21.4 Å². The molecule has 0 amide bonds. The molecule has 0 saturated heterocycles. The maximum Gasteiger partial charge on any atom is 0.0358 e. The van der Waals surface area contributed by atoms with E-state index in [0.717, 1.165) is 0 Å². The molecule has 0 unspecified atom stereocenters. The van der Waals surface area contributed by atoms with Crippen LogP contribution < -0.4 is 0 Å². The average Bonchev–Trinajstić information content (AvgIpc) is 2.92. The van der Waals surface area contributed by atoms with Crippen molar-refractivity contribution in [2.24, 2.45) is 0 Å². The molecule has 0 aliphatic rings. The Morgan fingerprint density at radius 2 is 1.55 bits per heavy atom. The van der Waals surface area contributed by atoms with Gasteiger partial charge >= 0.3 is 0 Å². The molecule has 0 atom stereocenters. The van der Waals surface area contributed by atoms with Gasteiger partial charge in [0.05, 0.1) is 0 Å². The number of pyridine rings is 1. The zero-order chi connectivity index (χ0) is 14.9. The number of fused-ring (bicyclic) bond motifs is 1. The van der Waals surface area contributed by atoms with Crippen LogP contribution in [-0.4, -0.2) is 4.98 Å². The highest BCUT2D eigenvalue weighted by Crippen LogP contribution is 2.43. The van der Waals surface area contributed by atoms with Crippen LogP contribution in [-0.2, 0) is 0 Å². The minimum absolute atomic E-state index is 1.22. The quantitative estimate of drug-likeness (QED) is 0.446. The highest BCUT2D eigenvalue weighted by Gasteiger charge is 2.15. The Morgan fingerprint density at radius 3 is 2.32 bits per heavy atom. The molecular weight excluding hydrogens is 286 g/mol. The maximum absolute atomic E-state index is 4.14. The molecule has 106 valence electrons. The van der Waals surface area contributed by atoms with E-state index in [-0.39, 0.29) is 0 Å². The van der Waals surface area contributed by atoms with Crippen molar-refractivity contribution in [3.8, 4) is 22.3 Å². The van der Waals surface area contributed by atoms with Crippen LogP contribution in [0.4, 0.5) is 0 Å². The Hall–Kier alpha value is -2.45. The summed E-state index contributed by atoms with van der Waals surface area (Å²) in [6, 6.07) is 21.4. The fraction of sp³-hybridized carbons (Fsp3) is 0.0500. The van der Waals surface area contributed by atoms with Crippen molar-refractivity contribution in [3.63, 3.8) is 0 Å². The normalized spacial score (nSPS) is 11.0. The molecule has 0 fully saturated rings. The smallest absolute Gasteiger partial charge is 0.0358 e. The number of hydrogen-bond donors (Lipinski definition) is 0. The number of benzene rings is 2. The summed E-state index contributed by atoms with van der Waals surface area (Å²) in [6.07, 6.45) is 3.71. The van der Waals surface area contributed by atoms with Crippen LogP contribution >= 0.6 is 11.3 Å². The molecule has 0 aliphatic heterocycles. The molecule has 0 N–H and O–H groups in total. The summed E-state index contributed by atoms with van der Waals surface area (Å²) in [5, 5.41) is 1.35. The average molecular weight is 301 g/mol. The van der Waals surface area contributed by atoms with E-state index in [1.807, 2.05) is 23.7 Å².